The largest absolute Gasteiger partial charge is 0.493 e. The molecule has 1 unspecified atom stereocenters. The number of methoxy groups -OCH3 is 2. The van der Waals surface area contributed by atoms with Gasteiger partial charge in [-0.15, -0.1) is 0 Å². The lowest BCUT2D eigenvalue weighted by atomic mass is 10.2. The van der Waals surface area contributed by atoms with Crippen molar-refractivity contribution in [3.63, 3.8) is 0 Å². The lowest BCUT2D eigenvalue weighted by Gasteiger charge is -2.19. The maximum Gasteiger partial charge on any atom is 0.249 e. The molecule has 2 aromatic rings. The number of fused-ring (bicyclic) bond motifs is 1. The number of nitrogens with one attached hydrogen (secondary N) is 1. The number of benzene rings is 1. The fourth-order valence-corrected chi connectivity index (χ4v) is 2.66. The number of carbonyl (C=O) groups excluding carboxylic acids is 1. The normalized spacial score (nSPS) is 26.8. The number of rotatable bonds is 9. The second-order valence-electron chi connectivity index (χ2n) is 5.93. The molecule has 0 bridgehead atoms. The Labute approximate surface area is 182 Å². The number of nitrogens with two attached hydrogens (primary N) is 1. The van der Waals surface area contributed by atoms with Gasteiger partial charge < -0.3 is 30.1 Å². The fraction of sp³-hybridized carbons (Fsp3) is 0.526. The number of aromatic nitrogens is 2. The molecule has 3 rings (SSSR count). The lowest BCUT2D eigenvalue weighted by molar-refractivity contribution is -0.130. The molecule has 1 aliphatic heterocycles. The molecule has 28 heavy (non-hydrogen) atoms. The number of carbonyl (C=O) groups is 1. The maximum atomic E-state index is 12.5. The second kappa shape index (κ2) is 8.92. The number of hydrogen-bond acceptors (Lipinski definition) is 8. The summed E-state index contributed by atoms with van der Waals surface area (Å²) in [6, 6.07) is 1.92. The Morgan fingerprint density at radius 3 is 3.07 bits per heavy atom. The van der Waals surface area contributed by atoms with Crippen LogP contribution >= 0.6 is 0 Å². The summed E-state index contributed by atoms with van der Waals surface area (Å²) in [5, 5.41) is 0.366. The monoisotopic (exact) mass is 402 g/mol. The van der Waals surface area contributed by atoms with Crippen LogP contribution in [0.15, 0.2) is 12.1 Å². The third-order valence-electron chi connectivity index (χ3n) is 4.05. The van der Waals surface area contributed by atoms with Gasteiger partial charge in [-0.25, -0.2) is 4.98 Å². The van der Waals surface area contributed by atoms with E-state index in [-0.39, 0.29) is 49.2 Å². The van der Waals surface area contributed by atoms with Crippen LogP contribution in [0.4, 0.5) is 11.8 Å². The van der Waals surface area contributed by atoms with E-state index >= 15 is 0 Å². The zero-order valence-corrected chi connectivity index (χ0v) is 14.8. The third kappa shape index (κ3) is 4.36. The molecule has 0 aliphatic carbocycles. The van der Waals surface area contributed by atoms with Crippen LogP contribution in [0.2, 0.25) is 4.24 Å². The van der Waals surface area contributed by atoms with Crippen LogP contribution in [0.5, 0.6) is 11.5 Å². The van der Waals surface area contributed by atoms with Crippen LogP contribution in [-0.4, -0.2) is 62.7 Å². The first-order valence-corrected chi connectivity index (χ1v) is 8.44. The molecule has 3 N–H and O–H groups in total. The summed E-state index contributed by atoms with van der Waals surface area (Å²) in [5.74, 6) is -3.05. The first-order chi connectivity index (χ1) is 18.7. The van der Waals surface area contributed by atoms with E-state index in [1.165, 1.54) is 0 Å². The molecule has 1 saturated heterocycles. The van der Waals surface area contributed by atoms with E-state index < -0.39 is 56.3 Å². The van der Waals surface area contributed by atoms with Crippen molar-refractivity contribution in [2.24, 2.45) is 0 Å². The fourth-order valence-electron chi connectivity index (χ4n) is 2.66. The highest BCUT2D eigenvalue weighted by Crippen LogP contribution is 2.33. The molecule has 0 radical (unpaired) electrons. The Bertz CT molecular complexity index is 1250. The van der Waals surface area contributed by atoms with Gasteiger partial charge in [0, 0.05) is 42.2 Å². The number of nitrogen functional groups attached to an aromatic ring is 1. The van der Waals surface area contributed by atoms with Crippen molar-refractivity contribution in [3.05, 3.63) is 12.1 Å². The molecule has 1 amide bonds. The third-order valence-corrected chi connectivity index (χ3v) is 4.05. The quantitative estimate of drug-likeness (QED) is 0.646. The molecular formula is C19H27N5O4. The van der Waals surface area contributed by atoms with Gasteiger partial charge in [0.25, 0.3) is 0 Å². The van der Waals surface area contributed by atoms with Crippen molar-refractivity contribution in [1.82, 2.24) is 15.3 Å². The Kier molecular flexibility index (Phi) is 2.91. The molecule has 1 aliphatic rings. The number of hydrogen-bond donors (Lipinski definition) is 2. The van der Waals surface area contributed by atoms with E-state index in [0.29, 0.717) is 11.7 Å². The standard InChI is InChI=1S/C19H27N5O4/c1-24(8-5-7-21-18(25)14-6-4-9-28-14)19-22-13-11-16(27-3)15(26-2)10-12(13)17(20)23-19/h10-11,14H,4-9H2,1-3H3,(H,21,25)(H2,20,22,23)/i1D3,2D3,3D3,14D/hD3. The molecule has 1 fully saturated rings. The van der Waals surface area contributed by atoms with Crippen LogP contribution in [-0.2, 0) is 9.53 Å². The zero-order valence-electron chi connectivity index (χ0n) is 27.8. The highest BCUT2D eigenvalue weighted by Gasteiger charge is 2.22. The Hall–Kier alpha value is -2.81. The van der Waals surface area contributed by atoms with E-state index in [0.717, 1.165) is 17.0 Å². The van der Waals surface area contributed by atoms with E-state index in [1.54, 1.807) is 0 Å². The van der Waals surface area contributed by atoms with Crippen molar-refractivity contribution >= 4 is 28.6 Å². The molecular weight excluding hydrogens is 362 g/mol. The van der Waals surface area contributed by atoms with E-state index in [9.17, 15) is 4.79 Å². The molecule has 9 nitrogen and oxygen atoms in total. The highest BCUT2D eigenvalue weighted by molar-refractivity contribution is 5.91. The minimum atomic E-state index is -3.04. The first-order valence-electron chi connectivity index (χ1n) is 14.8. The minimum Gasteiger partial charge on any atom is -0.493 e. The molecule has 0 saturated carbocycles. The lowest BCUT2D eigenvalue weighted by Crippen LogP contribution is -2.36. The highest BCUT2D eigenvalue weighted by atomic mass is 16.5. The van der Waals surface area contributed by atoms with Gasteiger partial charge in [0.1, 0.15) is 11.9 Å². The molecule has 1 aromatic carbocycles. The van der Waals surface area contributed by atoms with Crippen molar-refractivity contribution in [3.8, 4) is 11.5 Å². The summed E-state index contributed by atoms with van der Waals surface area (Å²) in [5.41, 5.74) is -0.179. The van der Waals surface area contributed by atoms with Gasteiger partial charge in [0.15, 0.2) is 15.7 Å². The van der Waals surface area contributed by atoms with Crippen molar-refractivity contribution in [2.75, 3.05) is 51.4 Å². The molecule has 1 atom stereocenters. The van der Waals surface area contributed by atoms with Crippen LogP contribution in [0.25, 0.3) is 10.9 Å². The van der Waals surface area contributed by atoms with Gasteiger partial charge in [-0.2, -0.15) is 4.98 Å². The first kappa shape index (κ1) is 9.13. The van der Waals surface area contributed by atoms with E-state index in [1.807, 2.05) is 0 Å². The average Bonchev–Trinajstić information content (AvgIpc) is 3.25. The van der Waals surface area contributed by atoms with E-state index in [2.05, 4.69) is 9.97 Å². The van der Waals surface area contributed by atoms with Gasteiger partial charge in [-0.05, 0) is 25.3 Å². The summed E-state index contributed by atoms with van der Waals surface area (Å²) in [6.07, 6.45) is -1.35. The molecule has 2 heterocycles. The number of ether oxygens (including phenoxy) is 3. The zero-order chi connectivity index (χ0) is 31.0. The predicted molar refractivity (Wildman–Crippen MR) is 107 cm³/mol. The smallest absolute Gasteiger partial charge is 0.249 e. The summed E-state index contributed by atoms with van der Waals surface area (Å²) >= 11 is 0. The summed E-state index contributed by atoms with van der Waals surface area (Å²) in [6.45, 7) is -3.29. The number of amides is 1. The molecule has 152 valence electrons. The number of anilines is 2. The summed E-state index contributed by atoms with van der Waals surface area (Å²) < 4.78 is 115. The van der Waals surface area contributed by atoms with Crippen LogP contribution < -0.4 is 25.4 Å². The SMILES string of the molecule is [2H]N(CCCN(c1nc(N([2H])[2H])c2cc(OC([2H])([2H])[2H])c(OC([2H])([2H])[2H])cc2n1)C([2H])([2H])[2H])C(=O)C1([2H])CCCO1. The van der Waals surface area contributed by atoms with Crippen LogP contribution in [0.1, 0.15) is 33.0 Å². The topological polar surface area (TPSA) is 112 Å². The molecule has 0 spiro atoms. The molecule has 1 aromatic heterocycles. The van der Waals surface area contributed by atoms with Gasteiger partial charge in [-0.3, -0.25) is 4.79 Å². The second-order valence-corrected chi connectivity index (χ2v) is 5.93. The van der Waals surface area contributed by atoms with Crippen LogP contribution in [0.3, 0.4) is 0 Å². The van der Waals surface area contributed by atoms with Crippen molar-refractivity contribution in [1.29, 1.82) is 0 Å². The van der Waals surface area contributed by atoms with Gasteiger partial charge >= 0.3 is 0 Å². The summed E-state index contributed by atoms with van der Waals surface area (Å²) in [4.78, 5) is 21.3. The Morgan fingerprint density at radius 2 is 2.36 bits per heavy atom. The van der Waals surface area contributed by atoms with E-state index in [4.69, 9.17) is 32.2 Å². The van der Waals surface area contributed by atoms with Gasteiger partial charge in [0.05, 0.1) is 29.2 Å². The van der Waals surface area contributed by atoms with Gasteiger partial charge in [-0.1, -0.05) is 0 Å². The average molecular weight is 403 g/mol. The molecule has 9 heteroatoms. The Morgan fingerprint density at radius 1 is 1.50 bits per heavy atom. The minimum absolute atomic E-state index is 0.0219. The maximum absolute atomic E-state index is 12.5. The van der Waals surface area contributed by atoms with Gasteiger partial charge in [0.2, 0.25) is 11.9 Å². The number of nitrogens with zero attached hydrogens (tertiary/aromatic N) is 3. The van der Waals surface area contributed by atoms with Crippen molar-refractivity contribution in [2.45, 2.75) is 25.3 Å². The predicted octanol–water partition coefficient (Wildman–Crippen LogP) is 1.35. The van der Waals surface area contributed by atoms with Crippen molar-refractivity contribution < 1.29 is 36.9 Å². The Balaban J connectivity index is 1.99. The summed E-state index contributed by atoms with van der Waals surface area (Å²) in [7, 11) is -6.07. The van der Waals surface area contributed by atoms with Crippen LogP contribution in [0, 0.1) is 0 Å².